The Bertz CT molecular complexity index is 1080. The second kappa shape index (κ2) is 12.7. The van der Waals surface area contributed by atoms with Gasteiger partial charge in [-0.2, -0.15) is 4.98 Å². The highest BCUT2D eigenvalue weighted by Gasteiger charge is 2.11. The summed E-state index contributed by atoms with van der Waals surface area (Å²) in [5.74, 6) is 0.0799. The van der Waals surface area contributed by atoms with E-state index in [1.54, 1.807) is 30.3 Å². The zero-order valence-corrected chi connectivity index (χ0v) is 19.0. The first-order chi connectivity index (χ1) is 14.7. The Labute approximate surface area is 186 Å². The third-order valence-corrected chi connectivity index (χ3v) is 4.22. The molecule has 2 aromatic carbocycles. The third-order valence-electron chi connectivity index (χ3n) is 3.31. The van der Waals surface area contributed by atoms with Gasteiger partial charge >= 0.3 is 0 Å². The molecular formula is C20H26ClFN6O2S. The Morgan fingerprint density at radius 2 is 1.65 bits per heavy atom. The van der Waals surface area contributed by atoms with Crippen LogP contribution in [0.15, 0.2) is 59.6 Å². The van der Waals surface area contributed by atoms with Crippen molar-refractivity contribution < 1.29 is 12.8 Å². The van der Waals surface area contributed by atoms with Crippen molar-refractivity contribution in [3.63, 3.8) is 0 Å². The van der Waals surface area contributed by atoms with E-state index in [-0.39, 0.29) is 16.7 Å². The molecule has 0 amide bonds. The molecule has 1 heterocycles. The number of rotatable bonds is 5. The summed E-state index contributed by atoms with van der Waals surface area (Å²) in [4.78, 5) is 7.83. The minimum atomic E-state index is -3.84. The van der Waals surface area contributed by atoms with Crippen LogP contribution in [-0.2, 0) is 10.0 Å². The Kier molecular flexibility index (Phi) is 10.7. The normalized spacial score (nSPS) is 10.1. The minimum absolute atomic E-state index is 0.0595. The molecule has 1 aromatic heterocycles. The van der Waals surface area contributed by atoms with Crippen molar-refractivity contribution >= 4 is 50.5 Å². The van der Waals surface area contributed by atoms with E-state index in [4.69, 9.17) is 22.5 Å². The predicted molar refractivity (Wildman–Crippen MR) is 125 cm³/mol. The Balaban J connectivity index is 0.000000884. The number of aromatic nitrogens is 2. The number of nitrogens with zero attached hydrogens (tertiary/aromatic N) is 2. The number of alkyl halides is 1. The molecule has 3 rings (SSSR count). The topological polar surface area (TPSA) is 136 Å². The summed E-state index contributed by atoms with van der Waals surface area (Å²) < 4.78 is 36.8. The van der Waals surface area contributed by atoms with E-state index in [0.29, 0.717) is 17.1 Å². The SMILES string of the molecule is CC.CCCl.Nc1cccc(Nc2nc(Nc3cccc(S(N)(=O)=O)c3)ncc2F)c1. The fourth-order valence-corrected chi connectivity index (χ4v) is 2.71. The number of halogens is 2. The molecule has 0 saturated carbocycles. The van der Waals surface area contributed by atoms with Gasteiger partial charge in [-0.05, 0) is 36.4 Å². The average Bonchev–Trinajstić information content (AvgIpc) is 2.72. The van der Waals surface area contributed by atoms with Crippen LogP contribution in [-0.4, -0.2) is 24.3 Å². The number of nitrogens with one attached hydrogen (secondary N) is 2. The maximum Gasteiger partial charge on any atom is 0.238 e. The first-order valence-electron chi connectivity index (χ1n) is 9.34. The van der Waals surface area contributed by atoms with Gasteiger partial charge in [0.05, 0.1) is 11.1 Å². The van der Waals surface area contributed by atoms with Crippen LogP contribution in [0.5, 0.6) is 0 Å². The molecule has 11 heteroatoms. The number of benzene rings is 2. The second-order valence-electron chi connectivity index (χ2n) is 5.61. The van der Waals surface area contributed by atoms with E-state index in [9.17, 15) is 12.8 Å². The van der Waals surface area contributed by atoms with Crippen molar-refractivity contribution in [2.45, 2.75) is 25.7 Å². The first-order valence-corrected chi connectivity index (χ1v) is 11.4. The number of nitrogens with two attached hydrogens (primary N) is 2. The lowest BCUT2D eigenvalue weighted by molar-refractivity contribution is 0.598. The van der Waals surface area contributed by atoms with Crippen LogP contribution in [0.3, 0.4) is 0 Å². The molecule has 6 N–H and O–H groups in total. The highest BCUT2D eigenvalue weighted by atomic mass is 35.5. The van der Waals surface area contributed by atoms with Crippen LogP contribution >= 0.6 is 11.6 Å². The maximum atomic E-state index is 14.0. The van der Waals surface area contributed by atoms with Gasteiger partial charge in [-0.15, -0.1) is 11.6 Å². The quantitative estimate of drug-likeness (QED) is 0.317. The fraction of sp³-hybridized carbons (Fsp3) is 0.200. The van der Waals surface area contributed by atoms with Crippen LogP contribution in [0, 0.1) is 5.82 Å². The van der Waals surface area contributed by atoms with E-state index in [1.165, 1.54) is 18.2 Å². The summed E-state index contributed by atoms with van der Waals surface area (Å²) in [7, 11) is -3.84. The Morgan fingerprint density at radius 1 is 1.06 bits per heavy atom. The lowest BCUT2D eigenvalue weighted by atomic mass is 10.3. The number of sulfonamides is 1. The van der Waals surface area contributed by atoms with Crippen LogP contribution in [0.2, 0.25) is 0 Å². The van der Waals surface area contributed by atoms with Gasteiger partial charge in [-0.3, -0.25) is 0 Å². The molecule has 0 spiro atoms. The molecule has 8 nitrogen and oxygen atoms in total. The Hall–Kier alpha value is -2.95. The van der Waals surface area contributed by atoms with Crippen molar-refractivity contribution in [2.75, 3.05) is 22.2 Å². The monoisotopic (exact) mass is 468 g/mol. The molecule has 3 aromatic rings. The number of anilines is 5. The molecule has 0 fully saturated rings. The van der Waals surface area contributed by atoms with E-state index in [0.717, 1.165) is 12.1 Å². The summed E-state index contributed by atoms with van der Waals surface area (Å²) in [5, 5.41) is 10.7. The van der Waals surface area contributed by atoms with E-state index < -0.39 is 15.8 Å². The van der Waals surface area contributed by atoms with E-state index in [1.807, 2.05) is 20.8 Å². The summed E-state index contributed by atoms with van der Waals surface area (Å²) >= 11 is 5.00. The summed E-state index contributed by atoms with van der Waals surface area (Å²) in [6, 6.07) is 12.6. The molecule has 168 valence electrons. The smallest absolute Gasteiger partial charge is 0.238 e. The molecule has 0 unspecified atom stereocenters. The highest BCUT2D eigenvalue weighted by Crippen LogP contribution is 2.22. The summed E-state index contributed by atoms with van der Waals surface area (Å²) in [6.45, 7) is 5.89. The molecule has 0 radical (unpaired) electrons. The van der Waals surface area contributed by atoms with Crippen molar-refractivity contribution in [3.05, 3.63) is 60.5 Å². The number of hydrogen-bond donors (Lipinski definition) is 4. The van der Waals surface area contributed by atoms with Gasteiger partial charge in [0.1, 0.15) is 0 Å². The second-order valence-corrected chi connectivity index (χ2v) is 7.70. The van der Waals surface area contributed by atoms with Crippen LogP contribution < -0.4 is 21.5 Å². The molecule has 0 aliphatic carbocycles. The largest absolute Gasteiger partial charge is 0.399 e. The van der Waals surface area contributed by atoms with Crippen molar-refractivity contribution in [1.29, 1.82) is 0 Å². The molecule has 0 aliphatic rings. The average molecular weight is 469 g/mol. The van der Waals surface area contributed by atoms with E-state index in [2.05, 4.69) is 20.6 Å². The lowest BCUT2D eigenvalue weighted by Crippen LogP contribution is -2.12. The van der Waals surface area contributed by atoms with Crippen molar-refractivity contribution in [2.24, 2.45) is 5.14 Å². The predicted octanol–water partition coefficient (Wildman–Crippen LogP) is 4.60. The first kappa shape index (κ1) is 26.1. The van der Waals surface area contributed by atoms with Gasteiger partial charge in [0.15, 0.2) is 11.6 Å². The van der Waals surface area contributed by atoms with Crippen LogP contribution in [0.4, 0.5) is 33.2 Å². The van der Waals surface area contributed by atoms with Crippen molar-refractivity contribution in [1.82, 2.24) is 9.97 Å². The van der Waals surface area contributed by atoms with Gasteiger partial charge in [-0.25, -0.2) is 22.9 Å². The summed E-state index contributed by atoms with van der Waals surface area (Å²) in [6.07, 6.45) is 0.994. The molecule has 0 aliphatic heterocycles. The van der Waals surface area contributed by atoms with Crippen LogP contribution in [0.25, 0.3) is 0 Å². The van der Waals surface area contributed by atoms with Gasteiger partial charge in [0.2, 0.25) is 16.0 Å². The lowest BCUT2D eigenvalue weighted by Gasteiger charge is -2.10. The van der Waals surface area contributed by atoms with Crippen molar-refractivity contribution in [3.8, 4) is 0 Å². The zero-order chi connectivity index (χ0) is 23.4. The molecular weight excluding hydrogens is 443 g/mol. The highest BCUT2D eigenvalue weighted by molar-refractivity contribution is 7.89. The van der Waals surface area contributed by atoms with E-state index >= 15 is 0 Å². The summed E-state index contributed by atoms with van der Waals surface area (Å²) in [5.41, 5.74) is 7.16. The number of hydrogen-bond acceptors (Lipinski definition) is 7. The van der Waals surface area contributed by atoms with Gasteiger partial charge < -0.3 is 16.4 Å². The van der Waals surface area contributed by atoms with Gasteiger partial charge in [0, 0.05) is 22.9 Å². The maximum absolute atomic E-state index is 14.0. The Morgan fingerprint density at radius 3 is 2.23 bits per heavy atom. The standard InChI is InChI=1S/C16H15FN6O2S.C2H5Cl.C2H6/c17-14-9-20-16(22-12-5-2-6-13(8-12)26(19,24)25)23-15(14)21-11-4-1-3-10(18)7-11;1-2-3;1-2/h1-9H,18H2,(H2,19,24,25)(H2,20,21,22,23);2H2,1H3;1-2H3. The van der Waals surface area contributed by atoms with Gasteiger partial charge in [-0.1, -0.05) is 32.9 Å². The minimum Gasteiger partial charge on any atom is -0.399 e. The zero-order valence-electron chi connectivity index (χ0n) is 17.4. The molecule has 0 saturated heterocycles. The van der Waals surface area contributed by atoms with Crippen LogP contribution in [0.1, 0.15) is 20.8 Å². The number of primary sulfonamides is 1. The van der Waals surface area contributed by atoms with Gasteiger partial charge in [0.25, 0.3) is 0 Å². The molecule has 31 heavy (non-hydrogen) atoms. The fourth-order valence-electron chi connectivity index (χ4n) is 2.15. The molecule has 0 atom stereocenters. The third kappa shape index (κ3) is 8.75. The molecule has 0 bridgehead atoms. The number of nitrogen functional groups attached to an aromatic ring is 1.